The van der Waals surface area contributed by atoms with E-state index in [1.54, 1.807) is 0 Å². The molecular formula is C10H15N3S. The summed E-state index contributed by atoms with van der Waals surface area (Å²) in [6.07, 6.45) is 0. The Labute approximate surface area is 88.6 Å². The summed E-state index contributed by atoms with van der Waals surface area (Å²) in [5.74, 6) is 0.905. The van der Waals surface area contributed by atoms with Crippen molar-refractivity contribution < 1.29 is 0 Å². The van der Waals surface area contributed by atoms with Crippen molar-refractivity contribution in [1.29, 1.82) is 5.41 Å². The molecule has 0 fully saturated rings. The van der Waals surface area contributed by atoms with Crippen molar-refractivity contribution in [2.75, 3.05) is 11.1 Å². The van der Waals surface area contributed by atoms with Gasteiger partial charge in [-0.05, 0) is 23.4 Å². The van der Waals surface area contributed by atoms with E-state index in [0.29, 0.717) is 11.7 Å². The quantitative estimate of drug-likeness (QED) is 0.528. The summed E-state index contributed by atoms with van der Waals surface area (Å²) < 4.78 is 0. The molecular weight excluding hydrogens is 194 g/mol. The largest absolute Gasteiger partial charge is 0.335 e. The van der Waals surface area contributed by atoms with Crippen molar-refractivity contribution in [1.82, 2.24) is 0 Å². The third kappa shape index (κ3) is 3.40. The number of benzene rings is 1. The number of hydrogen-bond donors (Lipinski definition) is 3. The van der Waals surface area contributed by atoms with Crippen molar-refractivity contribution >= 4 is 22.6 Å². The van der Waals surface area contributed by atoms with Crippen LogP contribution in [0.1, 0.15) is 12.5 Å². The highest BCUT2D eigenvalue weighted by Gasteiger charge is 1.97. The third-order valence-electron chi connectivity index (χ3n) is 1.71. The molecule has 0 saturated heterocycles. The molecule has 0 aliphatic carbocycles. The number of amidine groups is 1. The summed E-state index contributed by atoms with van der Waals surface area (Å²) in [7, 11) is 0. The highest BCUT2D eigenvalue weighted by atomic mass is 32.2. The predicted octanol–water partition coefficient (Wildman–Crippen LogP) is 2.25. The van der Waals surface area contributed by atoms with Gasteiger partial charge in [0.25, 0.3) is 0 Å². The SMILES string of the molecule is CCSC(=N)Nc1cccc(CN)c1. The van der Waals surface area contributed by atoms with Crippen LogP contribution in [0, 0.1) is 5.41 Å². The molecule has 0 radical (unpaired) electrons. The first-order valence-corrected chi connectivity index (χ1v) is 5.52. The Hall–Kier alpha value is -1.00. The molecule has 0 unspecified atom stereocenters. The summed E-state index contributed by atoms with van der Waals surface area (Å²) in [5, 5.41) is 11.1. The molecule has 4 N–H and O–H groups in total. The lowest BCUT2D eigenvalue weighted by molar-refractivity contribution is 1.07. The van der Waals surface area contributed by atoms with Crippen LogP contribution in [0.25, 0.3) is 0 Å². The van der Waals surface area contributed by atoms with Crippen LogP contribution >= 0.6 is 11.8 Å². The maximum atomic E-state index is 7.57. The van der Waals surface area contributed by atoms with Crippen LogP contribution in [-0.2, 0) is 6.54 Å². The zero-order chi connectivity index (χ0) is 10.4. The minimum atomic E-state index is 0.474. The van der Waals surface area contributed by atoms with Crippen LogP contribution < -0.4 is 11.1 Å². The Morgan fingerprint density at radius 2 is 2.36 bits per heavy atom. The topological polar surface area (TPSA) is 61.9 Å². The molecule has 1 aromatic carbocycles. The monoisotopic (exact) mass is 209 g/mol. The van der Waals surface area contributed by atoms with E-state index in [1.807, 2.05) is 31.2 Å². The molecule has 0 spiro atoms. The van der Waals surface area contributed by atoms with Gasteiger partial charge in [0.1, 0.15) is 0 Å². The average molecular weight is 209 g/mol. The van der Waals surface area contributed by atoms with Crippen molar-refractivity contribution in [3.63, 3.8) is 0 Å². The first-order valence-electron chi connectivity index (χ1n) is 4.53. The van der Waals surface area contributed by atoms with Crippen LogP contribution in [0.15, 0.2) is 24.3 Å². The maximum Gasteiger partial charge on any atom is 0.158 e. The Bertz CT molecular complexity index is 312. The van der Waals surface area contributed by atoms with E-state index in [-0.39, 0.29) is 0 Å². The molecule has 3 nitrogen and oxygen atoms in total. The minimum absolute atomic E-state index is 0.474. The van der Waals surface area contributed by atoms with Crippen molar-refractivity contribution in [3.05, 3.63) is 29.8 Å². The van der Waals surface area contributed by atoms with Gasteiger partial charge in [0.2, 0.25) is 0 Å². The molecule has 1 rings (SSSR count). The van der Waals surface area contributed by atoms with Gasteiger partial charge < -0.3 is 11.1 Å². The Balaban J connectivity index is 2.62. The smallest absolute Gasteiger partial charge is 0.158 e. The van der Waals surface area contributed by atoms with Gasteiger partial charge in [0.15, 0.2) is 5.17 Å². The number of hydrogen-bond acceptors (Lipinski definition) is 3. The number of anilines is 1. The molecule has 0 amide bonds. The van der Waals surface area contributed by atoms with Crippen LogP contribution in [0.3, 0.4) is 0 Å². The summed E-state index contributed by atoms with van der Waals surface area (Å²) in [4.78, 5) is 0. The van der Waals surface area contributed by atoms with Crippen LogP contribution in [0.4, 0.5) is 5.69 Å². The van der Waals surface area contributed by atoms with Crippen LogP contribution in [0.2, 0.25) is 0 Å². The molecule has 4 heteroatoms. The normalized spacial score (nSPS) is 9.86. The number of nitrogens with two attached hydrogens (primary N) is 1. The maximum absolute atomic E-state index is 7.57. The van der Waals surface area contributed by atoms with Gasteiger partial charge in [0, 0.05) is 12.2 Å². The molecule has 14 heavy (non-hydrogen) atoms. The summed E-state index contributed by atoms with van der Waals surface area (Å²) in [6, 6.07) is 7.81. The van der Waals surface area contributed by atoms with Crippen LogP contribution in [0.5, 0.6) is 0 Å². The van der Waals surface area contributed by atoms with Gasteiger partial charge in [0.05, 0.1) is 0 Å². The fourth-order valence-corrected chi connectivity index (χ4v) is 1.57. The van der Waals surface area contributed by atoms with Gasteiger partial charge in [-0.15, -0.1) is 0 Å². The lowest BCUT2D eigenvalue weighted by atomic mass is 10.2. The Kier molecular flexibility index (Phi) is 4.49. The first-order chi connectivity index (χ1) is 6.76. The lowest BCUT2D eigenvalue weighted by Crippen LogP contribution is -2.07. The molecule has 0 heterocycles. The molecule has 0 aliphatic heterocycles. The highest BCUT2D eigenvalue weighted by Crippen LogP contribution is 2.12. The van der Waals surface area contributed by atoms with Gasteiger partial charge >= 0.3 is 0 Å². The summed E-state index contributed by atoms with van der Waals surface area (Å²) >= 11 is 1.48. The zero-order valence-corrected chi connectivity index (χ0v) is 9.03. The van der Waals surface area contributed by atoms with Crippen LogP contribution in [-0.4, -0.2) is 10.9 Å². The second-order valence-corrected chi connectivity index (χ2v) is 4.07. The standard InChI is InChI=1S/C10H15N3S/c1-2-14-10(12)13-9-5-3-4-8(6-9)7-11/h3-6H,2,7,11H2,1H3,(H2,12,13). The summed E-state index contributed by atoms with van der Waals surface area (Å²) in [5.41, 5.74) is 7.52. The van der Waals surface area contributed by atoms with Gasteiger partial charge in [-0.25, -0.2) is 0 Å². The second-order valence-electron chi connectivity index (χ2n) is 2.79. The summed E-state index contributed by atoms with van der Waals surface area (Å²) in [6.45, 7) is 2.56. The molecule has 76 valence electrons. The Morgan fingerprint density at radius 1 is 1.57 bits per heavy atom. The first kappa shape index (κ1) is 11.1. The van der Waals surface area contributed by atoms with Gasteiger partial charge in [-0.2, -0.15) is 0 Å². The average Bonchev–Trinajstić information content (AvgIpc) is 2.18. The van der Waals surface area contributed by atoms with E-state index >= 15 is 0 Å². The van der Waals surface area contributed by atoms with E-state index in [9.17, 15) is 0 Å². The van der Waals surface area contributed by atoms with E-state index < -0.39 is 0 Å². The van der Waals surface area contributed by atoms with E-state index in [4.69, 9.17) is 11.1 Å². The number of thioether (sulfide) groups is 1. The van der Waals surface area contributed by atoms with E-state index in [0.717, 1.165) is 17.0 Å². The van der Waals surface area contributed by atoms with E-state index in [2.05, 4.69) is 5.32 Å². The molecule has 0 atom stereocenters. The lowest BCUT2D eigenvalue weighted by Gasteiger charge is -2.07. The molecule has 0 aromatic heterocycles. The predicted molar refractivity (Wildman–Crippen MR) is 63.8 cm³/mol. The highest BCUT2D eigenvalue weighted by molar-refractivity contribution is 8.14. The fraction of sp³-hybridized carbons (Fsp3) is 0.300. The Morgan fingerprint density at radius 3 is 3.00 bits per heavy atom. The molecule has 0 aliphatic rings. The second kappa shape index (κ2) is 5.67. The van der Waals surface area contributed by atoms with Crippen molar-refractivity contribution in [2.24, 2.45) is 5.73 Å². The zero-order valence-electron chi connectivity index (χ0n) is 8.21. The third-order valence-corrected chi connectivity index (χ3v) is 2.39. The van der Waals surface area contributed by atoms with Gasteiger partial charge in [-0.3, -0.25) is 5.41 Å². The van der Waals surface area contributed by atoms with E-state index in [1.165, 1.54) is 11.8 Å². The van der Waals surface area contributed by atoms with Gasteiger partial charge in [-0.1, -0.05) is 30.8 Å². The molecule has 0 bridgehead atoms. The molecule has 0 saturated carbocycles. The number of rotatable bonds is 3. The fourth-order valence-electron chi connectivity index (χ4n) is 1.09. The molecule has 1 aromatic rings. The van der Waals surface area contributed by atoms with Crippen molar-refractivity contribution in [2.45, 2.75) is 13.5 Å². The van der Waals surface area contributed by atoms with Crippen molar-refractivity contribution in [3.8, 4) is 0 Å². The minimum Gasteiger partial charge on any atom is -0.335 e. The number of nitrogens with one attached hydrogen (secondary N) is 2.